The van der Waals surface area contributed by atoms with Gasteiger partial charge < -0.3 is 5.84 Å². The average Bonchev–Trinajstić information content (AvgIpc) is 3.13. The largest absolute Gasteiger partial charge is 0.323 e. The van der Waals surface area contributed by atoms with Crippen molar-refractivity contribution < 1.29 is 0 Å². The number of hydrogen-bond donors (Lipinski definition) is 1. The predicted octanol–water partition coefficient (Wildman–Crippen LogP) is 4.54. The van der Waals surface area contributed by atoms with Crippen molar-refractivity contribution in [3.63, 3.8) is 0 Å². The van der Waals surface area contributed by atoms with Gasteiger partial charge in [0.05, 0.1) is 5.39 Å². The van der Waals surface area contributed by atoms with Gasteiger partial charge in [0.15, 0.2) is 0 Å². The highest BCUT2D eigenvalue weighted by molar-refractivity contribution is 6.07. The van der Waals surface area contributed by atoms with Crippen LogP contribution in [0.2, 0.25) is 0 Å². The van der Waals surface area contributed by atoms with E-state index in [0.717, 1.165) is 39.0 Å². The standard InChI is InChI=1S/C23H17N5/c24-28-23-19(21(27-28)17-12-6-2-7-13-17)20(16-10-4-1-5-11-16)25-26-22(23)18-14-8-3-9-15-18/h1-15H,24H2. The fraction of sp³-hybridized carbons (Fsp3) is 0. The molecule has 0 saturated heterocycles. The molecule has 5 nitrogen and oxygen atoms in total. The van der Waals surface area contributed by atoms with Gasteiger partial charge >= 0.3 is 0 Å². The molecule has 5 heteroatoms. The Labute approximate surface area is 162 Å². The lowest BCUT2D eigenvalue weighted by atomic mass is 10.0. The normalized spacial score (nSPS) is 11.0. The first-order chi connectivity index (χ1) is 13.8. The summed E-state index contributed by atoms with van der Waals surface area (Å²) in [5.74, 6) is 6.34. The number of aromatic nitrogens is 4. The van der Waals surface area contributed by atoms with Crippen LogP contribution in [0.5, 0.6) is 0 Å². The summed E-state index contributed by atoms with van der Waals surface area (Å²) in [6, 6.07) is 30.0. The van der Waals surface area contributed by atoms with Crippen molar-refractivity contribution in [2.24, 2.45) is 0 Å². The maximum atomic E-state index is 6.34. The molecule has 0 radical (unpaired) electrons. The molecular weight excluding hydrogens is 346 g/mol. The molecule has 0 spiro atoms. The molecular formula is C23H17N5. The minimum absolute atomic E-state index is 0.715. The molecule has 0 amide bonds. The first-order valence-corrected chi connectivity index (χ1v) is 9.03. The highest BCUT2D eigenvalue weighted by Gasteiger charge is 2.22. The molecule has 28 heavy (non-hydrogen) atoms. The van der Waals surface area contributed by atoms with E-state index in [1.165, 1.54) is 4.79 Å². The Balaban J connectivity index is 1.89. The van der Waals surface area contributed by atoms with E-state index in [2.05, 4.69) is 15.3 Å². The fourth-order valence-electron chi connectivity index (χ4n) is 3.47. The molecule has 3 aromatic carbocycles. The van der Waals surface area contributed by atoms with Gasteiger partial charge in [-0.2, -0.15) is 9.89 Å². The summed E-state index contributed by atoms with van der Waals surface area (Å²) in [6.07, 6.45) is 0. The lowest BCUT2D eigenvalue weighted by Gasteiger charge is -2.08. The third-order valence-corrected chi connectivity index (χ3v) is 4.76. The number of hydrogen-bond acceptors (Lipinski definition) is 4. The van der Waals surface area contributed by atoms with Gasteiger partial charge in [0.25, 0.3) is 0 Å². The number of nitrogens with two attached hydrogens (primary N) is 1. The average molecular weight is 363 g/mol. The highest BCUT2D eigenvalue weighted by atomic mass is 15.5. The second-order valence-electron chi connectivity index (χ2n) is 6.51. The van der Waals surface area contributed by atoms with Gasteiger partial charge in [0.1, 0.15) is 22.6 Å². The number of nitrogen functional groups attached to an aromatic ring is 1. The molecule has 0 bridgehead atoms. The van der Waals surface area contributed by atoms with Gasteiger partial charge in [-0.15, -0.1) is 10.2 Å². The molecule has 0 atom stereocenters. The van der Waals surface area contributed by atoms with E-state index in [4.69, 9.17) is 5.84 Å². The second-order valence-corrected chi connectivity index (χ2v) is 6.51. The molecule has 0 saturated carbocycles. The van der Waals surface area contributed by atoms with Crippen LogP contribution in [0.4, 0.5) is 0 Å². The third kappa shape index (κ3) is 2.61. The van der Waals surface area contributed by atoms with E-state index in [-0.39, 0.29) is 0 Å². The quantitative estimate of drug-likeness (QED) is 0.478. The topological polar surface area (TPSA) is 69.6 Å². The maximum absolute atomic E-state index is 6.34. The van der Waals surface area contributed by atoms with Gasteiger partial charge in [-0.05, 0) is 0 Å². The Bertz CT molecular complexity index is 1250. The summed E-state index contributed by atoms with van der Waals surface area (Å²) in [6.45, 7) is 0. The molecule has 2 N–H and O–H groups in total. The van der Waals surface area contributed by atoms with Gasteiger partial charge in [0, 0.05) is 16.7 Å². The van der Waals surface area contributed by atoms with E-state index < -0.39 is 0 Å². The fourth-order valence-corrected chi connectivity index (χ4v) is 3.47. The molecule has 5 aromatic rings. The van der Waals surface area contributed by atoms with E-state index in [9.17, 15) is 0 Å². The summed E-state index contributed by atoms with van der Waals surface area (Å²) in [5, 5.41) is 14.7. The SMILES string of the molecule is Nn1nc(-c2ccccc2)c2c(-c3ccccc3)nnc(-c3ccccc3)c21. The van der Waals surface area contributed by atoms with Gasteiger partial charge in [0.2, 0.25) is 0 Å². The molecule has 0 unspecified atom stereocenters. The van der Waals surface area contributed by atoms with Crippen LogP contribution in [0.3, 0.4) is 0 Å². The Hall–Kier alpha value is -3.99. The predicted molar refractivity (Wildman–Crippen MR) is 112 cm³/mol. The Morgan fingerprint density at radius 1 is 0.536 bits per heavy atom. The van der Waals surface area contributed by atoms with Crippen LogP contribution in [-0.4, -0.2) is 20.1 Å². The van der Waals surface area contributed by atoms with Crippen LogP contribution in [-0.2, 0) is 0 Å². The molecule has 0 aliphatic rings. The zero-order valence-electron chi connectivity index (χ0n) is 15.0. The number of rotatable bonds is 3. The number of benzene rings is 3. The van der Waals surface area contributed by atoms with Gasteiger partial charge in [-0.1, -0.05) is 91.0 Å². The summed E-state index contributed by atoms with van der Waals surface area (Å²) in [5.41, 5.74) is 5.96. The molecule has 134 valence electrons. The number of fused-ring (bicyclic) bond motifs is 1. The molecule has 2 heterocycles. The summed E-state index contributed by atoms with van der Waals surface area (Å²) in [4.78, 5) is 1.42. The van der Waals surface area contributed by atoms with Gasteiger partial charge in [-0.3, -0.25) is 0 Å². The van der Waals surface area contributed by atoms with Crippen molar-refractivity contribution in [2.75, 3.05) is 5.84 Å². The molecule has 5 rings (SSSR count). The minimum atomic E-state index is 0.715. The van der Waals surface area contributed by atoms with E-state index in [0.29, 0.717) is 5.69 Å². The lowest BCUT2D eigenvalue weighted by Crippen LogP contribution is -2.11. The van der Waals surface area contributed by atoms with Crippen molar-refractivity contribution in [3.05, 3.63) is 91.0 Å². The molecule has 0 aliphatic carbocycles. The summed E-state index contributed by atoms with van der Waals surface area (Å²) in [7, 11) is 0. The van der Waals surface area contributed by atoms with Crippen molar-refractivity contribution >= 4 is 10.9 Å². The molecule has 0 aliphatic heterocycles. The van der Waals surface area contributed by atoms with Crippen LogP contribution < -0.4 is 5.84 Å². The van der Waals surface area contributed by atoms with E-state index in [1.54, 1.807) is 0 Å². The maximum Gasteiger partial charge on any atom is 0.123 e. The van der Waals surface area contributed by atoms with Crippen LogP contribution in [0.1, 0.15) is 0 Å². The Morgan fingerprint density at radius 3 is 1.50 bits per heavy atom. The van der Waals surface area contributed by atoms with E-state index in [1.807, 2.05) is 91.0 Å². The zero-order valence-corrected chi connectivity index (χ0v) is 15.0. The van der Waals surface area contributed by atoms with Crippen molar-refractivity contribution in [1.82, 2.24) is 20.1 Å². The summed E-state index contributed by atoms with van der Waals surface area (Å²) >= 11 is 0. The van der Waals surface area contributed by atoms with Crippen molar-refractivity contribution in [1.29, 1.82) is 0 Å². The Morgan fingerprint density at radius 2 is 0.964 bits per heavy atom. The van der Waals surface area contributed by atoms with Gasteiger partial charge in [-0.25, -0.2) is 0 Å². The Kier molecular flexibility index (Phi) is 3.84. The minimum Gasteiger partial charge on any atom is -0.323 e. The molecule has 0 fully saturated rings. The van der Waals surface area contributed by atoms with Crippen molar-refractivity contribution in [2.45, 2.75) is 0 Å². The third-order valence-electron chi connectivity index (χ3n) is 4.76. The van der Waals surface area contributed by atoms with Crippen LogP contribution in [0, 0.1) is 0 Å². The van der Waals surface area contributed by atoms with Crippen molar-refractivity contribution in [3.8, 4) is 33.8 Å². The lowest BCUT2D eigenvalue weighted by molar-refractivity contribution is 0.863. The summed E-state index contributed by atoms with van der Waals surface area (Å²) < 4.78 is 0. The van der Waals surface area contributed by atoms with Crippen LogP contribution in [0.25, 0.3) is 44.7 Å². The number of nitrogens with zero attached hydrogens (tertiary/aromatic N) is 4. The highest BCUT2D eigenvalue weighted by Crippen LogP contribution is 2.37. The van der Waals surface area contributed by atoms with Crippen LogP contribution >= 0.6 is 0 Å². The van der Waals surface area contributed by atoms with Crippen LogP contribution in [0.15, 0.2) is 91.0 Å². The zero-order chi connectivity index (χ0) is 18.9. The first kappa shape index (κ1) is 16.2. The smallest absolute Gasteiger partial charge is 0.123 e. The first-order valence-electron chi connectivity index (χ1n) is 9.03. The second kappa shape index (κ2) is 6.63. The van der Waals surface area contributed by atoms with E-state index >= 15 is 0 Å². The molecule has 2 aromatic heterocycles. The monoisotopic (exact) mass is 363 g/mol.